The molecule has 0 atom stereocenters. The van der Waals surface area contributed by atoms with Crippen molar-refractivity contribution in [2.24, 2.45) is 5.73 Å². The first-order chi connectivity index (χ1) is 8.54. The Labute approximate surface area is 117 Å². The number of benzene rings is 1. The highest BCUT2D eigenvalue weighted by Gasteiger charge is 2.33. The molecule has 1 aliphatic carbocycles. The fourth-order valence-electron chi connectivity index (χ4n) is 2.64. The van der Waals surface area contributed by atoms with Crippen molar-refractivity contribution < 1.29 is 5.11 Å². The van der Waals surface area contributed by atoms with Gasteiger partial charge in [-0.3, -0.25) is 0 Å². The maximum absolute atomic E-state index is 10.1. The molecule has 0 saturated heterocycles. The largest absolute Gasteiger partial charge is 0.389 e. The smallest absolute Gasteiger partial charge is 0.0770 e. The van der Waals surface area contributed by atoms with E-state index in [2.05, 4.69) is 46.1 Å². The van der Waals surface area contributed by atoms with E-state index < -0.39 is 5.60 Å². The molecule has 1 aromatic rings. The number of anilines is 1. The number of rotatable bonds is 3. The third kappa shape index (κ3) is 3.05. The monoisotopic (exact) mass is 312 g/mol. The van der Waals surface area contributed by atoms with E-state index >= 15 is 0 Å². The van der Waals surface area contributed by atoms with E-state index in [0.29, 0.717) is 12.6 Å². The van der Waals surface area contributed by atoms with Crippen LogP contribution in [0.3, 0.4) is 0 Å². The van der Waals surface area contributed by atoms with Crippen LogP contribution < -0.4 is 10.6 Å². The number of halogens is 1. The van der Waals surface area contributed by atoms with Gasteiger partial charge in [-0.15, -0.1) is 0 Å². The molecule has 18 heavy (non-hydrogen) atoms. The van der Waals surface area contributed by atoms with Gasteiger partial charge in [0.05, 0.1) is 5.60 Å². The summed E-state index contributed by atoms with van der Waals surface area (Å²) < 4.78 is 1.10. The molecule has 0 radical (unpaired) electrons. The summed E-state index contributed by atoms with van der Waals surface area (Å²) in [6.07, 6.45) is 3.59. The van der Waals surface area contributed by atoms with Crippen molar-refractivity contribution in [2.75, 3.05) is 18.5 Å². The van der Waals surface area contributed by atoms with Crippen LogP contribution in [-0.4, -0.2) is 30.3 Å². The van der Waals surface area contributed by atoms with Crippen LogP contribution in [0.2, 0.25) is 0 Å². The van der Waals surface area contributed by atoms with Gasteiger partial charge in [0.2, 0.25) is 0 Å². The van der Waals surface area contributed by atoms with Crippen LogP contribution in [0.15, 0.2) is 28.7 Å². The molecule has 0 heterocycles. The van der Waals surface area contributed by atoms with Crippen molar-refractivity contribution in [1.29, 1.82) is 0 Å². The Morgan fingerprint density at radius 2 is 2.11 bits per heavy atom. The number of hydrogen-bond acceptors (Lipinski definition) is 3. The zero-order valence-corrected chi connectivity index (χ0v) is 12.4. The van der Waals surface area contributed by atoms with Crippen molar-refractivity contribution in [2.45, 2.75) is 37.3 Å². The summed E-state index contributed by atoms with van der Waals surface area (Å²) in [4.78, 5) is 2.31. The molecule has 1 aromatic carbocycles. The topological polar surface area (TPSA) is 49.5 Å². The predicted octanol–water partition coefficient (Wildman–Crippen LogP) is 2.52. The Bertz CT molecular complexity index is 403. The van der Waals surface area contributed by atoms with Crippen LogP contribution in [0.5, 0.6) is 0 Å². The molecule has 2 rings (SSSR count). The van der Waals surface area contributed by atoms with Gasteiger partial charge in [0, 0.05) is 29.8 Å². The second kappa shape index (κ2) is 5.59. The summed E-state index contributed by atoms with van der Waals surface area (Å²) >= 11 is 3.50. The Hall–Kier alpha value is -0.580. The Morgan fingerprint density at radius 3 is 2.67 bits per heavy atom. The second-order valence-corrected chi connectivity index (χ2v) is 6.17. The van der Waals surface area contributed by atoms with Gasteiger partial charge in [-0.25, -0.2) is 0 Å². The standard InChI is InChI=1S/C14H21BrN2O/c1-17(13-4-2-3-11(15)9-13)12-5-7-14(18,10-16)8-6-12/h2-4,9,12,18H,5-8,10,16H2,1H3. The average molecular weight is 313 g/mol. The van der Waals surface area contributed by atoms with Crippen molar-refractivity contribution in [3.8, 4) is 0 Å². The zero-order chi connectivity index (χ0) is 13.2. The summed E-state index contributed by atoms with van der Waals surface area (Å²) in [7, 11) is 2.12. The van der Waals surface area contributed by atoms with Crippen molar-refractivity contribution >= 4 is 21.6 Å². The molecule has 100 valence electrons. The van der Waals surface area contributed by atoms with E-state index in [4.69, 9.17) is 5.73 Å². The Morgan fingerprint density at radius 1 is 1.44 bits per heavy atom. The average Bonchev–Trinajstić information content (AvgIpc) is 2.39. The molecular weight excluding hydrogens is 292 g/mol. The summed E-state index contributed by atoms with van der Waals surface area (Å²) in [5.41, 5.74) is 6.21. The van der Waals surface area contributed by atoms with Crippen LogP contribution in [0.25, 0.3) is 0 Å². The number of aliphatic hydroxyl groups is 1. The van der Waals surface area contributed by atoms with Crippen LogP contribution in [-0.2, 0) is 0 Å². The minimum absolute atomic E-state index is 0.375. The molecule has 0 spiro atoms. The van der Waals surface area contributed by atoms with Crippen LogP contribution >= 0.6 is 15.9 Å². The van der Waals surface area contributed by atoms with E-state index in [9.17, 15) is 5.11 Å². The molecule has 0 unspecified atom stereocenters. The Balaban J connectivity index is 2.01. The molecule has 1 fully saturated rings. The minimum Gasteiger partial charge on any atom is -0.389 e. The van der Waals surface area contributed by atoms with Gasteiger partial charge in [-0.1, -0.05) is 22.0 Å². The summed E-state index contributed by atoms with van der Waals surface area (Å²) in [6, 6.07) is 8.82. The number of hydrogen-bond donors (Lipinski definition) is 2. The van der Waals surface area contributed by atoms with E-state index in [0.717, 1.165) is 30.2 Å². The molecule has 3 N–H and O–H groups in total. The van der Waals surface area contributed by atoms with Crippen molar-refractivity contribution in [1.82, 2.24) is 0 Å². The quantitative estimate of drug-likeness (QED) is 0.901. The van der Waals surface area contributed by atoms with Gasteiger partial charge in [0.15, 0.2) is 0 Å². The predicted molar refractivity (Wildman–Crippen MR) is 78.8 cm³/mol. The van der Waals surface area contributed by atoms with E-state index in [1.807, 2.05) is 6.07 Å². The number of nitrogens with zero attached hydrogens (tertiary/aromatic N) is 1. The lowest BCUT2D eigenvalue weighted by Crippen LogP contribution is -2.46. The normalized spacial score (nSPS) is 28.1. The highest BCUT2D eigenvalue weighted by atomic mass is 79.9. The fourth-order valence-corrected chi connectivity index (χ4v) is 3.02. The first-order valence-electron chi connectivity index (χ1n) is 6.45. The molecule has 0 amide bonds. The maximum atomic E-state index is 10.1. The molecular formula is C14H21BrN2O. The van der Waals surface area contributed by atoms with E-state index in [1.165, 1.54) is 5.69 Å². The third-order valence-electron chi connectivity index (χ3n) is 4.03. The molecule has 1 saturated carbocycles. The molecule has 4 heteroatoms. The first-order valence-corrected chi connectivity index (χ1v) is 7.24. The van der Waals surface area contributed by atoms with Gasteiger partial charge in [-0.05, 0) is 43.9 Å². The summed E-state index contributed by atoms with van der Waals surface area (Å²) in [6.45, 7) is 0.375. The Kier molecular flexibility index (Phi) is 4.30. The third-order valence-corrected chi connectivity index (χ3v) is 4.52. The molecule has 1 aliphatic rings. The minimum atomic E-state index is -0.630. The van der Waals surface area contributed by atoms with Crippen LogP contribution in [0.1, 0.15) is 25.7 Å². The lowest BCUT2D eigenvalue weighted by Gasteiger charge is -2.39. The summed E-state index contributed by atoms with van der Waals surface area (Å²) in [5.74, 6) is 0. The van der Waals surface area contributed by atoms with Crippen molar-refractivity contribution in [3.05, 3.63) is 28.7 Å². The van der Waals surface area contributed by atoms with Gasteiger partial charge in [0.25, 0.3) is 0 Å². The fraction of sp³-hybridized carbons (Fsp3) is 0.571. The molecule has 0 bridgehead atoms. The highest BCUT2D eigenvalue weighted by molar-refractivity contribution is 9.10. The number of nitrogens with two attached hydrogens (primary N) is 1. The zero-order valence-electron chi connectivity index (χ0n) is 10.8. The van der Waals surface area contributed by atoms with Gasteiger partial charge < -0.3 is 15.7 Å². The molecule has 0 aromatic heterocycles. The van der Waals surface area contributed by atoms with Crippen molar-refractivity contribution in [3.63, 3.8) is 0 Å². The van der Waals surface area contributed by atoms with E-state index in [1.54, 1.807) is 0 Å². The second-order valence-electron chi connectivity index (χ2n) is 5.25. The van der Waals surface area contributed by atoms with E-state index in [-0.39, 0.29) is 0 Å². The van der Waals surface area contributed by atoms with Gasteiger partial charge >= 0.3 is 0 Å². The summed E-state index contributed by atoms with van der Waals surface area (Å²) in [5, 5.41) is 10.1. The highest BCUT2D eigenvalue weighted by Crippen LogP contribution is 2.32. The molecule has 3 nitrogen and oxygen atoms in total. The van der Waals surface area contributed by atoms with Crippen LogP contribution in [0.4, 0.5) is 5.69 Å². The van der Waals surface area contributed by atoms with Gasteiger partial charge in [-0.2, -0.15) is 0 Å². The SMILES string of the molecule is CN(c1cccc(Br)c1)C1CCC(O)(CN)CC1. The first kappa shape index (κ1) is 13.8. The molecule has 0 aliphatic heterocycles. The van der Waals surface area contributed by atoms with Crippen LogP contribution in [0, 0.1) is 0 Å². The lowest BCUT2D eigenvalue weighted by atomic mass is 9.81. The van der Waals surface area contributed by atoms with Gasteiger partial charge in [0.1, 0.15) is 0 Å². The maximum Gasteiger partial charge on any atom is 0.0770 e. The lowest BCUT2D eigenvalue weighted by molar-refractivity contribution is 0.00800.